The zero-order chi connectivity index (χ0) is 18.4. The zero-order valence-electron chi connectivity index (χ0n) is 14.4. The molecule has 1 aromatic heterocycles. The summed E-state index contributed by atoms with van der Waals surface area (Å²) in [5.74, 6) is -0.647. The predicted molar refractivity (Wildman–Crippen MR) is 97.7 cm³/mol. The van der Waals surface area contributed by atoms with Crippen LogP contribution in [0.1, 0.15) is 58.5 Å². The first-order chi connectivity index (χ1) is 12.7. The van der Waals surface area contributed by atoms with Gasteiger partial charge >= 0.3 is 0 Å². The first-order valence-electron chi connectivity index (χ1n) is 8.75. The van der Waals surface area contributed by atoms with Crippen LogP contribution in [0.3, 0.4) is 0 Å². The standard InChI is InChI=1S/C20H20N4O2/c21-13-15-6-4-5-9-17(15)24-19(25)14-10-11-22-18(12-14)20(26)23-16-7-2-1-3-8-16/h4-6,9-12,16H,1-3,7-8H2,(H,23,26)(H,24,25). The summed E-state index contributed by atoms with van der Waals surface area (Å²) in [5.41, 5.74) is 1.36. The molecule has 1 aromatic carbocycles. The molecule has 2 amide bonds. The molecular weight excluding hydrogens is 328 g/mol. The minimum atomic E-state index is -0.387. The Hall–Kier alpha value is -3.20. The fourth-order valence-electron chi connectivity index (χ4n) is 3.09. The summed E-state index contributed by atoms with van der Waals surface area (Å²) in [5, 5.41) is 14.8. The van der Waals surface area contributed by atoms with Crippen molar-refractivity contribution in [3.8, 4) is 6.07 Å². The first kappa shape index (κ1) is 17.6. The topological polar surface area (TPSA) is 94.9 Å². The van der Waals surface area contributed by atoms with Crippen LogP contribution in [0.25, 0.3) is 0 Å². The normalized spacial score (nSPS) is 14.3. The number of nitrogens with one attached hydrogen (secondary N) is 2. The maximum atomic E-state index is 12.5. The second kappa shape index (κ2) is 8.26. The van der Waals surface area contributed by atoms with E-state index in [2.05, 4.69) is 15.6 Å². The molecule has 6 nitrogen and oxygen atoms in total. The van der Waals surface area contributed by atoms with Crippen molar-refractivity contribution in [2.75, 3.05) is 5.32 Å². The number of pyridine rings is 1. The molecule has 2 N–H and O–H groups in total. The third-order valence-electron chi connectivity index (χ3n) is 4.49. The summed E-state index contributed by atoms with van der Waals surface area (Å²) in [6.07, 6.45) is 6.87. The van der Waals surface area contributed by atoms with E-state index < -0.39 is 0 Å². The van der Waals surface area contributed by atoms with Crippen molar-refractivity contribution in [3.63, 3.8) is 0 Å². The fourth-order valence-corrected chi connectivity index (χ4v) is 3.09. The molecule has 3 rings (SSSR count). The smallest absolute Gasteiger partial charge is 0.270 e. The molecule has 0 saturated heterocycles. The van der Waals surface area contributed by atoms with Gasteiger partial charge in [-0.3, -0.25) is 14.6 Å². The Bertz CT molecular complexity index is 851. The van der Waals surface area contributed by atoms with Gasteiger partial charge in [0.05, 0.1) is 11.3 Å². The molecule has 26 heavy (non-hydrogen) atoms. The van der Waals surface area contributed by atoms with E-state index in [-0.39, 0.29) is 23.6 Å². The number of carbonyl (C=O) groups excluding carboxylic acids is 2. The number of benzene rings is 1. The average molecular weight is 348 g/mol. The molecule has 1 saturated carbocycles. The Morgan fingerprint density at radius 2 is 1.85 bits per heavy atom. The second-order valence-electron chi connectivity index (χ2n) is 6.35. The number of nitrogens with zero attached hydrogens (tertiary/aromatic N) is 2. The number of carbonyl (C=O) groups is 2. The van der Waals surface area contributed by atoms with E-state index in [1.165, 1.54) is 18.7 Å². The molecular formula is C20H20N4O2. The number of rotatable bonds is 4. The highest BCUT2D eigenvalue weighted by Crippen LogP contribution is 2.18. The van der Waals surface area contributed by atoms with Gasteiger partial charge in [0.25, 0.3) is 11.8 Å². The van der Waals surface area contributed by atoms with Gasteiger partial charge in [0.1, 0.15) is 11.8 Å². The van der Waals surface area contributed by atoms with Gasteiger partial charge in [-0.2, -0.15) is 5.26 Å². The van der Waals surface area contributed by atoms with Crippen LogP contribution in [-0.2, 0) is 0 Å². The quantitative estimate of drug-likeness (QED) is 0.886. The Balaban J connectivity index is 1.71. The summed E-state index contributed by atoms with van der Waals surface area (Å²) in [6.45, 7) is 0. The van der Waals surface area contributed by atoms with Crippen LogP contribution < -0.4 is 10.6 Å². The maximum Gasteiger partial charge on any atom is 0.270 e. The highest BCUT2D eigenvalue weighted by Gasteiger charge is 2.18. The monoisotopic (exact) mass is 348 g/mol. The van der Waals surface area contributed by atoms with Crippen molar-refractivity contribution in [2.45, 2.75) is 38.1 Å². The van der Waals surface area contributed by atoms with Gasteiger partial charge in [0, 0.05) is 17.8 Å². The number of hydrogen-bond acceptors (Lipinski definition) is 4. The third-order valence-corrected chi connectivity index (χ3v) is 4.49. The minimum Gasteiger partial charge on any atom is -0.348 e. The van der Waals surface area contributed by atoms with Crippen molar-refractivity contribution in [3.05, 3.63) is 59.4 Å². The SMILES string of the molecule is N#Cc1ccccc1NC(=O)c1ccnc(C(=O)NC2CCCCC2)c1. The van der Waals surface area contributed by atoms with Crippen LogP contribution >= 0.6 is 0 Å². The summed E-state index contributed by atoms with van der Waals surface area (Å²) < 4.78 is 0. The van der Waals surface area contributed by atoms with Crippen LogP contribution in [0.15, 0.2) is 42.6 Å². The molecule has 6 heteroatoms. The van der Waals surface area contributed by atoms with E-state index in [0.29, 0.717) is 16.8 Å². The lowest BCUT2D eigenvalue weighted by molar-refractivity contribution is 0.0922. The molecule has 0 radical (unpaired) electrons. The summed E-state index contributed by atoms with van der Waals surface area (Å²) >= 11 is 0. The van der Waals surface area contributed by atoms with Gasteiger partial charge in [0.2, 0.25) is 0 Å². The van der Waals surface area contributed by atoms with Crippen molar-refractivity contribution < 1.29 is 9.59 Å². The fraction of sp³-hybridized carbons (Fsp3) is 0.300. The van der Waals surface area contributed by atoms with Crippen LogP contribution in [0.5, 0.6) is 0 Å². The number of para-hydroxylation sites is 1. The Morgan fingerprint density at radius 1 is 1.08 bits per heavy atom. The lowest BCUT2D eigenvalue weighted by atomic mass is 9.95. The number of aromatic nitrogens is 1. The predicted octanol–water partition coefficient (Wildman–Crippen LogP) is 3.27. The number of hydrogen-bond donors (Lipinski definition) is 2. The van der Waals surface area contributed by atoms with Crippen molar-refractivity contribution in [2.24, 2.45) is 0 Å². The van der Waals surface area contributed by atoms with Gasteiger partial charge in [-0.15, -0.1) is 0 Å². The molecule has 2 aromatic rings. The van der Waals surface area contributed by atoms with Crippen molar-refractivity contribution in [1.82, 2.24) is 10.3 Å². The van der Waals surface area contributed by atoms with Gasteiger partial charge in [0.15, 0.2) is 0 Å². The minimum absolute atomic E-state index is 0.179. The number of nitriles is 1. The van der Waals surface area contributed by atoms with Crippen LogP contribution in [0.2, 0.25) is 0 Å². The van der Waals surface area contributed by atoms with Gasteiger partial charge in [-0.05, 0) is 37.1 Å². The average Bonchev–Trinajstić information content (AvgIpc) is 2.69. The highest BCUT2D eigenvalue weighted by atomic mass is 16.2. The maximum absolute atomic E-state index is 12.5. The largest absolute Gasteiger partial charge is 0.348 e. The Kier molecular flexibility index (Phi) is 5.59. The lowest BCUT2D eigenvalue weighted by Crippen LogP contribution is -2.36. The lowest BCUT2D eigenvalue weighted by Gasteiger charge is -2.22. The molecule has 0 spiro atoms. The van der Waals surface area contributed by atoms with Gasteiger partial charge < -0.3 is 10.6 Å². The van der Waals surface area contributed by atoms with Crippen LogP contribution in [0.4, 0.5) is 5.69 Å². The van der Waals surface area contributed by atoms with Crippen LogP contribution in [-0.4, -0.2) is 22.8 Å². The van der Waals surface area contributed by atoms with E-state index in [1.807, 2.05) is 6.07 Å². The van der Waals surface area contributed by atoms with E-state index in [1.54, 1.807) is 30.3 Å². The van der Waals surface area contributed by atoms with E-state index >= 15 is 0 Å². The van der Waals surface area contributed by atoms with Crippen molar-refractivity contribution >= 4 is 17.5 Å². The second-order valence-corrected chi connectivity index (χ2v) is 6.35. The van der Waals surface area contributed by atoms with Crippen molar-refractivity contribution in [1.29, 1.82) is 5.26 Å². The van der Waals surface area contributed by atoms with E-state index in [0.717, 1.165) is 25.7 Å². The molecule has 0 bridgehead atoms. The summed E-state index contributed by atoms with van der Waals surface area (Å²) in [7, 11) is 0. The van der Waals surface area contributed by atoms with E-state index in [9.17, 15) is 9.59 Å². The molecule has 1 aliphatic carbocycles. The van der Waals surface area contributed by atoms with Gasteiger partial charge in [-0.25, -0.2) is 0 Å². The molecule has 1 aliphatic rings. The Labute approximate surface area is 152 Å². The first-order valence-corrected chi connectivity index (χ1v) is 8.75. The molecule has 132 valence electrons. The van der Waals surface area contributed by atoms with Gasteiger partial charge in [-0.1, -0.05) is 31.4 Å². The molecule has 0 unspecified atom stereocenters. The summed E-state index contributed by atoms with van der Waals surface area (Å²) in [6, 6.07) is 12.0. The number of amides is 2. The summed E-state index contributed by atoms with van der Waals surface area (Å²) in [4.78, 5) is 28.9. The number of anilines is 1. The third kappa shape index (κ3) is 4.25. The molecule has 1 heterocycles. The molecule has 0 atom stereocenters. The highest BCUT2D eigenvalue weighted by molar-refractivity contribution is 6.06. The zero-order valence-corrected chi connectivity index (χ0v) is 14.4. The molecule has 1 fully saturated rings. The van der Waals surface area contributed by atoms with Crippen LogP contribution in [0, 0.1) is 11.3 Å². The van der Waals surface area contributed by atoms with E-state index in [4.69, 9.17) is 5.26 Å². The Morgan fingerprint density at radius 3 is 2.62 bits per heavy atom. The molecule has 0 aliphatic heterocycles.